The van der Waals surface area contributed by atoms with Crippen LogP contribution in [0.15, 0.2) is 0 Å². The maximum Gasteiger partial charge on any atom is 1.00 e. The minimum absolute atomic E-state index is 0. The van der Waals surface area contributed by atoms with E-state index in [0.717, 1.165) is 0 Å². The van der Waals surface area contributed by atoms with E-state index in [0.29, 0.717) is 0 Å². The summed E-state index contributed by atoms with van der Waals surface area (Å²) in [6.07, 6.45) is 0.639. The van der Waals surface area contributed by atoms with E-state index in [1.165, 1.54) is 0 Å². The van der Waals surface area contributed by atoms with Gasteiger partial charge in [0.2, 0.25) is 0 Å². The molecule has 0 aromatic heterocycles. The molecule has 4 nitrogen and oxygen atoms in total. The average Bonchev–Trinajstić information content (AvgIpc) is 1.51. The molecule has 0 heterocycles. The molecule has 2 bridgehead atoms. The standard InChI is InChI=1S/C7H8O4.2Na/c8-4(9)6-1-7(2-6,3-6)5(10)11;;/h1-3H2,(H,8,9)(H,10,11);;/q;2*+1/p-2. The molecule has 3 aliphatic carbocycles. The summed E-state index contributed by atoms with van der Waals surface area (Å²) < 4.78 is 0. The van der Waals surface area contributed by atoms with Crippen molar-refractivity contribution in [1.82, 2.24) is 0 Å². The van der Waals surface area contributed by atoms with Crippen molar-refractivity contribution in [2.24, 2.45) is 10.8 Å². The normalized spacial score (nSPS) is 38.5. The van der Waals surface area contributed by atoms with Crippen LogP contribution in [0, 0.1) is 10.8 Å². The molecule has 0 atom stereocenters. The molecule has 13 heavy (non-hydrogen) atoms. The fraction of sp³-hybridized carbons (Fsp3) is 0.714. The summed E-state index contributed by atoms with van der Waals surface area (Å²) >= 11 is 0. The molecule has 6 heteroatoms. The molecule has 60 valence electrons. The minimum Gasteiger partial charge on any atom is -0.550 e. The molecule has 0 aliphatic heterocycles. The first-order valence-electron chi connectivity index (χ1n) is 3.44. The van der Waals surface area contributed by atoms with E-state index >= 15 is 0 Å². The van der Waals surface area contributed by atoms with Gasteiger partial charge in [-0.25, -0.2) is 0 Å². The van der Waals surface area contributed by atoms with Gasteiger partial charge in [0.05, 0.1) is 0 Å². The molecule has 0 radical (unpaired) electrons. The Labute approximate surface area is 120 Å². The summed E-state index contributed by atoms with van der Waals surface area (Å²) in [4.78, 5) is 20.8. The molecule has 0 N–H and O–H groups in total. The van der Waals surface area contributed by atoms with E-state index in [9.17, 15) is 19.8 Å². The minimum atomic E-state index is -1.11. The third-order valence-electron chi connectivity index (χ3n) is 2.90. The van der Waals surface area contributed by atoms with Crippen LogP contribution in [0.4, 0.5) is 0 Å². The Hall–Kier alpha value is 0.940. The van der Waals surface area contributed by atoms with Gasteiger partial charge < -0.3 is 19.8 Å². The molecule has 3 saturated carbocycles. The smallest absolute Gasteiger partial charge is 0.550 e. The van der Waals surface area contributed by atoms with Crippen LogP contribution in [0.1, 0.15) is 19.3 Å². The number of carbonyl (C=O) groups excluding carboxylic acids is 2. The average molecular weight is 200 g/mol. The topological polar surface area (TPSA) is 80.3 Å². The predicted molar refractivity (Wildman–Crippen MR) is 28.7 cm³/mol. The van der Waals surface area contributed by atoms with Crippen molar-refractivity contribution in [3.8, 4) is 0 Å². The van der Waals surface area contributed by atoms with Crippen LogP contribution >= 0.6 is 0 Å². The van der Waals surface area contributed by atoms with Crippen LogP contribution in [0.3, 0.4) is 0 Å². The molecule has 0 aromatic carbocycles. The van der Waals surface area contributed by atoms with Gasteiger partial charge in [0, 0.05) is 22.8 Å². The van der Waals surface area contributed by atoms with Crippen LogP contribution in [-0.2, 0) is 9.59 Å². The molecule has 0 aromatic rings. The van der Waals surface area contributed by atoms with E-state index in [4.69, 9.17) is 0 Å². The van der Waals surface area contributed by atoms with Crippen molar-refractivity contribution >= 4 is 11.9 Å². The second kappa shape index (κ2) is 3.83. The van der Waals surface area contributed by atoms with E-state index in [1.54, 1.807) is 0 Å². The monoisotopic (exact) mass is 200 g/mol. The summed E-state index contributed by atoms with van der Waals surface area (Å²) in [5.74, 6) is -2.22. The van der Waals surface area contributed by atoms with Crippen molar-refractivity contribution in [2.75, 3.05) is 0 Å². The van der Waals surface area contributed by atoms with Crippen molar-refractivity contribution in [3.63, 3.8) is 0 Å². The van der Waals surface area contributed by atoms with Crippen molar-refractivity contribution in [1.29, 1.82) is 0 Å². The molecule has 0 saturated heterocycles. The fourth-order valence-electron chi connectivity index (χ4n) is 2.22. The van der Waals surface area contributed by atoms with Gasteiger partial charge in [0.15, 0.2) is 0 Å². The van der Waals surface area contributed by atoms with Gasteiger partial charge in [0.1, 0.15) is 0 Å². The number of hydrogen-bond donors (Lipinski definition) is 0. The quantitative estimate of drug-likeness (QED) is 0.414. The van der Waals surface area contributed by atoms with Crippen LogP contribution < -0.4 is 69.3 Å². The zero-order chi connectivity index (χ0) is 8.28. The first-order valence-corrected chi connectivity index (χ1v) is 3.44. The predicted octanol–water partition coefficient (Wildman–Crippen LogP) is -8.34. The van der Waals surface area contributed by atoms with Crippen LogP contribution in [0.5, 0.6) is 0 Å². The van der Waals surface area contributed by atoms with Crippen LogP contribution in [0.25, 0.3) is 0 Å². The largest absolute Gasteiger partial charge is 1.00 e. The SMILES string of the molecule is O=C([O-])C12CC(C(=O)[O-])(C1)C2.[Na+].[Na+]. The van der Waals surface area contributed by atoms with Crippen molar-refractivity contribution < 1.29 is 78.9 Å². The molecular formula is C7H6Na2O4. The first-order chi connectivity index (χ1) is 5.01. The van der Waals surface area contributed by atoms with Gasteiger partial charge in [-0.2, -0.15) is 0 Å². The Morgan fingerprint density at radius 3 is 1.23 bits per heavy atom. The summed E-state index contributed by atoms with van der Waals surface area (Å²) in [5.41, 5.74) is -1.61. The number of aliphatic carboxylic acids is 2. The fourth-order valence-corrected chi connectivity index (χ4v) is 2.22. The third kappa shape index (κ3) is 1.62. The van der Waals surface area contributed by atoms with Gasteiger partial charge >= 0.3 is 59.1 Å². The molecule has 0 spiro atoms. The maximum atomic E-state index is 10.4. The second-order valence-corrected chi connectivity index (χ2v) is 3.67. The van der Waals surface area contributed by atoms with E-state index < -0.39 is 22.8 Å². The first kappa shape index (κ1) is 13.9. The molecule has 3 fully saturated rings. The maximum absolute atomic E-state index is 10.4. The Bertz CT molecular complexity index is 219. The molecule has 3 aliphatic rings. The van der Waals surface area contributed by atoms with Crippen LogP contribution in [0.2, 0.25) is 0 Å². The zero-order valence-corrected chi connectivity index (χ0v) is 11.8. The van der Waals surface area contributed by atoms with Gasteiger partial charge in [-0.1, -0.05) is 0 Å². The summed E-state index contributed by atoms with van der Waals surface area (Å²) in [5, 5.41) is 20.8. The van der Waals surface area contributed by atoms with E-state index in [2.05, 4.69) is 0 Å². The summed E-state index contributed by atoms with van der Waals surface area (Å²) in [6, 6.07) is 0. The Kier molecular flexibility index (Phi) is 4.11. The van der Waals surface area contributed by atoms with Gasteiger partial charge in [0.25, 0.3) is 0 Å². The molecule has 3 rings (SSSR count). The number of rotatable bonds is 2. The Morgan fingerprint density at radius 1 is 0.846 bits per heavy atom. The Morgan fingerprint density at radius 2 is 1.08 bits per heavy atom. The number of carboxylic acid groups (broad SMARTS) is 2. The molecular weight excluding hydrogens is 194 g/mol. The number of carboxylic acids is 2. The summed E-state index contributed by atoms with van der Waals surface area (Å²) in [7, 11) is 0. The number of carbonyl (C=O) groups is 2. The molecule has 0 unspecified atom stereocenters. The second-order valence-electron chi connectivity index (χ2n) is 3.67. The Balaban J connectivity index is 0.000000720. The van der Waals surface area contributed by atoms with Crippen LogP contribution in [-0.4, -0.2) is 11.9 Å². The van der Waals surface area contributed by atoms with Crippen molar-refractivity contribution in [3.05, 3.63) is 0 Å². The number of hydrogen-bond acceptors (Lipinski definition) is 4. The van der Waals surface area contributed by atoms with Gasteiger partial charge in [-0.15, -0.1) is 0 Å². The summed E-state index contributed by atoms with van der Waals surface area (Å²) in [6.45, 7) is 0. The third-order valence-corrected chi connectivity index (χ3v) is 2.90. The zero-order valence-electron chi connectivity index (χ0n) is 7.75. The van der Waals surface area contributed by atoms with E-state index in [-0.39, 0.29) is 78.4 Å². The van der Waals surface area contributed by atoms with Crippen molar-refractivity contribution in [2.45, 2.75) is 19.3 Å². The van der Waals surface area contributed by atoms with Gasteiger partial charge in [-0.3, -0.25) is 0 Å². The molecule has 0 amide bonds. The van der Waals surface area contributed by atoms with Gasteiger partial charge in [-0.05, 0) is 19.3 Å². The van der Waals surface area contributed by atoms with E-state index in [1.807, 2.05) is 0 Å².